The molecule has 0 bridgehead atoms. The van der Waals surface area contributed by atoms with Gasteiger partial charge in [0.05, 0.1) is 0 Å². The van der Waals surface area contributed by atoms with E-state index in [0.717, 1.165) is 6.42 Å². The van der Waals surface area contributed by atoms with E-state index < -0.39 is 0 Å². The number of nitrogens with zero attached hydrogens (tertiary/aromatic N) is 2. The van der Waals surface area contributed by atoms with Crippen molar-refractivity contribution in [2.75, 3.05) is 5.73 Å². The molecule has 0 saturated carbocycles. The van der Waals surface area contributed by atoms with E-state index in [9.17, 15) is 5.21 Å². The van der Waals surface area contributed by atoms with Crippen LogP contribution in [0.1, 0.15) is 19.0 Å². The van der Waals surface area contributed by atoms with E-state index in [0.29, 0.717) is 17.0 Å². The Morgan fingerprint density at radius 1 is 1.80 bits per heavy atom. The Morgan fingerprint density at radius 2 is 2.50 bits per heavy atom. The Hall–Kier alpha value is -1.26. The second kappa shape index (κ2) is 2.55. The Balaban J connectivity index is 2.87. The number of nitrogen functional groups attached to an aromatic ring is 1. The minimum absolute atomic E-state index is 0.122. The van der Waals surface area contributed by atoms with Gasteiger partial charge in [0, 0.05) is 6.42 Å². The van der Waals surface area contributed by atoms with Crippen LogP contribution in [0.5, 0.6) is 0 Å². The van der Waals surface area contributed by atoms with Crippen LogP contribution in [0.4, 0.5) is 5.88 Å². The number of rotatable bonds is 2. The van der Waals surface area contributed by atoms with E-state index in [1.54, 1.807) is 0 Å². The van der Waals surface area contributed by atoms with Crippen LogP contribution in [0.25, 0.3) is 0 Å². The highest BCUT2D eigenvalue weighted by Crippen LogP contribution is 2.05. The van der Waals surface area contributed by atoms with Crippen molar-refractivity contribution in [2.24, 2.45) is 0 Å². The van der Waals surface area contributed by atoms with Crippen LogP contribution >= 0.6 is 0 Å². The number of anilines is 1. The maximum Gasteiger partial charge on any atom is 0.297 e. The highest BCUT2D eigenvalue weighted by atomic mass is 16.6. The van der Waals surface area contributed by atoms with Gasteiger partial charge in [0.1, 0.15) is 0 Å². The summed E-state index contributed by atoms with van der Waals surface area (Å²) < 4.78 is 4.43. The van der Waals surface area contributed by atoms with E-state index in [-0.39, 0.29) is 5.88 Å². The molecule has 1 aromatic heterocycles. The van der Waals surface area contributed by atoms with Gasteiger partial charge in [-0.3, -0.25) is 4.52 Å². The average molecular weight is 143 g/mol. The van der Waals surface area contributed by atoms with Crippen LogP contribution in [0, 0.1) is 5.21 Å². The van der Waals surface area contributed by atoms with Crippen LogP contribution in [0.15, 0.2) is 4.52 Å². The zero-order valence-electron chi connectivity index (χ0n) is 5.70. The molecule has 0 unspecified atom stereocenters. The molecule has 0 amide bonds. The van der Waals surface area contributed by atoms with E-state index in [1.807, 2.05) is 6.92 Å². The van der Waals surface area contributed by atoms with Gasteiger partial charge in [0.2, 0.25) is 5.27 Å². The maximum atomic E-state index is 10.7. The number of hydrogen-bond donors (Lipinski definition) is 1. The molecule has 0 aromatic carbocycles. The molecule has 0 atom stereocenters. The van der Waals surface area contributed by atoms with Crippen LogP contribution in [-0.2, 0) is 6.42 Å². The minimum Gasteiger partial charge on any atom is -0.592 e. The van der Waals surface area contributed by atoms with Crippen molar-refractivity contribution < 1.29 is 9.37 Å². The first-order valence-corrected chi connectivity index (χ1v) is 3.09. The zero-order valence-corrected chi connectivity index (χ0v) is 5.70. The number of hydrogen-bond acceptors (Lipinski definition) is 4. The van der Waals surface area contributed by atoms with E-state index >= 15 is 0 Å². The van der Waals surface area contributed by atoms with Gasteiger partial charge in [-0.15, -0.1) is 0 Å². The lowest BCUT2D eigenvalue weighted by Crippen LogP contribution is -2.32. The Labute approximate surface area is 58.0 Å². The quantitative estimate of drug-likeness (QED) is 0.461. The third-order valence-electron chi connectivity index (χ3n) is 1.22. The van der Waals surface area contributed by atoms with E-state index in [1.165, 1.54) is 0 Å². The molecule has 0 aliphatic rings. The standard InChI is InChI=1S/C5H9N3O2/c1-2-3-4-5(6)10-7-8(4)9/h2-3,6H2,1H3. The zero-order chi connectivity index (χ0) is 7.56. The molecule has 10 heavy (non-hydrogen) atoms. The molecule has 0 spiro atoms. The summed E-state index contributed by atoms with van der Waals surface area (Å²) in [7, 11) is 0. The first-order valence-electron chi connectivity index (χ1n) is 3.09. The maximum absolute atomic E-state index is 10.7. The lowest BCUT2D eigenvalue weighted by Gasteiger charge is -1.88. The summed E-state index contributed by atoms with van der Waals surface area (Å²) in [5, 5.41) is 13.8. The third-order valence-corrected chi connectivity index (χ3v) is 1.22. The van der Waals surface area contributed by atoms with Gasteiger partial charge >= 0.3 is 0 Å². The smallest absolute Gasteiger partial charge is 0.297 e. The average Bonchev–Trinajstić information content (AvgIpc) is 2.20. The molecule has 1 heterocycles. The van der Waals surface area contributed by atoms with Crippen molar-refractivity contribution >= 4 is 5.88 Å². The fraction of sp³-hybridized carbons (Fsp3) is 0.600. The largest absolute Gasteiger partial charge is 0.592 e. The SMILES string of the molecule is CCCc1c(N)on[n+]1[O-]. The second-order valence-corrected chi connectivity index (χ2v) is 2.01. The topological polar surface area (TPSA) is 79.0 Å². The van der Waals surface area contributed by atoms with Gasteiger partial charge in [0.15, 0.2) is 0 Å². The fourth-order valence-corrected chi connectivity index (χ4v) is 0.733. The van der Waals surface area contributed by atoms with E-state index in [2.05, 4.69) is 9.79 Å². The summed E-state index contributed by atoms with van der Waals surface area (Å²) >= 11 is 0. The molecule has 2 N–H and O–H groups in total. The predicted octanol–water partition coefficient (Wildman–Crippen LogP) is -0.157. The summed E-state index contributed by atoms with van der Waals surface area (Å²) in [6, 6.07) is 0. The molecule has 5 heteroatoms. The summed E-state index contributed by atoms with van der Waals surface area (Å²) in [6.45, 7) is 1.95. The van der Waals surface area contributed by atoms with Crippen LogP contribution in [0.2, 0.25) is 0 Å². The lowest BCUT2D eigenvalue weighted by molar-refractivity contribution is -0.686. The molecule has 5 nitrogen and oxygen atoms in total. The molecule has 0 fully saturated rings. The molecule has 0 radical (unpaired) electrons. The summed E-state index contributed by atoms with van der Waals surface area (Å²) in [5.74, 6) is 0.122. The van der Waals surface area contributed by atoms with Crippen molar-refractivity contribution in [1.29, 1.82) is 0 Å². The molecular weight excluding hydrogens is 134 g/mol. The van der Waals surface area contributed by atoms with E-state index in [4.69, 9.17) is 5.73 Å². The lowest BCUT2D eigenvalue weighted by atomic mass is 10.3. The van der Waals surface area contributed by atoms with Crippen LogP contribution < -0.4 is 10.6 Å². The first-order chi connectivity index (χ1) is 4.75. The molecule has 1 rings (SSSR count). The van der Waals surface area contributed by atoms with Gasteiger partial charge in [-0.2, -0.15) is 0 Å². The van der Waals surface area contributed by atoms with Crippen molar-refractivity contribution in [3.05, 3.63) is 10.9 Å². The van der Waals surface area contributed by atoms with Gasteiger partial charge in [0.25, 0.3) is 11.6 Å². The fourth-order valence-electron chi connectivity index (χ4n) is 0.733. The summed E-state index contributed by atoms with van der Waals surface area (Å²) in [4.78, 5) is 0.416. The Morgan fingerprint density at radius 3 is 2.90 bits per heavy atom. The molecule has 0 aliphatic carbocycles. The monoisotopic (exact) mass is 143 g/mol. The highest BCUT2D eigenvalue weighted by molar-refractivity contribution is 5.24. The molecule has 0 saturated heterocycles. The Bertz CT molecular complexity index is 201. The first kappa shape index (κ1) is 6.85. The van der Waals surface area contributed by atoms with Gasteiger partial charge < -0.3 is 10.9 Å². The predicted molar refractivity (Wildman–Crippen MR) is 33.9 cm³/mol. The Kier molecular flexibility index (Phi) is 1.75. The summed E-state index contributed by atoms with van der Waals surface area (Å²) in [5.41, 5.74) is 5.70. The van der Waals surface area contributed by atoms with Crippen LogP contribution in [-0.4, -0.2) is 5.27 Å². The van der Waals surface area contributed by atoms with Crippen molar-refractivity contribution in [3.63, 3.8) is 0 Å². The number of nitrogens with two attached hydrogens (primary N) is 1. The molecular formula is C5H9N3O2. The highest BCUT2D eigenvalue weighted by Gasteiger charge is 2.15. The number of aromatic nitrogens is 2. The van der Waals surface area contributed by atoms with Crippen LogP contribution in [0.3, 0.4) is 0 Å². The molecule has 56 valence electrons. The van der Waals surface area contributed by atoms with Gasteiger partial charge in [-0.25, -0.2) is 0 Å². The molecule has 1 aromatic rings. The second-order valence-electron chi connectivity index (χ2n) is 2.01. The minimum atomic E-state index is 0.122. The van der Waals surface area contributed by atoms with Gasteiger partial charge in [-0.1, -0.05) is 6.92 Å². The molecule has 0 aliphatic heterocycles. The van der Waals surface area contributed by atoms with Crippen molar-refractivity contribution in [2.45, 2.75) is 19.8 Å². The van der Waals surface area contributed by atoms with Gasteiger partial charge in [-0.05, 0) is 11.3 Å². The van der Waals surface area contributed by atoms with Crippen molar-refractivity contribution in [3.8, 4) is 0 Å². The third kappa shape index (κ3) is 1.02. The van der Waals surface area contributed by atoms with Crippen molar-refractivity contribution in [1.82, 2.24) is 5.27 Å². The summed E-state index contributed by atoms with van der Waals surface area (Å²) in [6.07, 6.45) is 1.46. The normalized spacial score (nSPS) is 10.1.